The summed E-state index contributed by atoms with van der Waals surface area (Å²) in [5.74, 6) is -5.04. The summed E-state index contributed by atoms with van der Waals surface area (Å²) in [6.07, 6.45) is -4.39. The number of aryl methyl sites for hydroxylation is 1. The van der Waals surface area contributed by atoms with Gasteiger partial charge in [0.15, 0.2) is 0 Å². The predicted molar refractivity (Wildman–Crippen MR) is 118 cm³/mol. The van der Waals surface area contributed by atoms with E-state index in [1.54, 1.807) is 6.20 Å². The summed E-state index contributed by atoms with van der Waals surface area (Å²) in [6.45, 7) is 5.01. The fourth-order valence-corrected chi connectivity index (χ4v) is 3.13. The van der Waals surface area contributed by atoms with E-state index >= 15 is 0 Å². The van der Waals surface area contributed by atoms with Crippen LogP contribution in [0.25, 0.3) is 0 Å². The first-order valence-electron chi connectivity index (χ1n) is 10.9. The number of halogens is 6. The van der Waals surface area contributed by atoms with Crippen molar-refractivity contribution >= 4 is 17.8 Å². The number of aliphatic carboxylic acids is 2. The van der Waals surface area contributed by atoms with Crippen LogP contribution in [0.1, 0.15) is 34.6 Å². The lowest BCUT2D eigenvalue weighted by Crippen LogP contribution is -2.41. The van der Waals surface area contributed by atoms with Crippen molar-refractivity contribution in [1.82, 2.24) is 30.2 Å². The molecule has 1 aliphatic rings. The van der Waals surface area contributed by atoms with E-state index < -0.39 is 24.3 Å². The molecule has 0 radical (unpaired) electrons. The smallest absolute Gasteiger partial charge is 0.475 e. The van der Waals surface area contributed by atoms with Crippen LogP contribution in [0.5, 0.6) is 0 Å². The number of rotatable bonds is 5. The number of nitrogens with zero attached hydrogens (tertiary/aromatic N) is 5. The molecule has 0 spiro atoms. The summed E-state index contributed by atoms with van der Waals surface area (Å²) in [6, 6.07) is 3.74. The Bertz CT molecular complexity index is 1030. The largest absolute Gasteiger partial charge is 0.490 e. The van der Waals surface area contributed by atoms with Crippen molar-refractivity contribution in [2.24, 2.45) is 5.92 Å². The molecule has 0 saturated carbocycles. The van der Waals surface area contributed by atoms with Gasteiger partial charge >= 0.3 is 24.3 Å². The molecule has 2 aromatic heterocycles. The SMILES string of the molecule is CNCc1cn(CC2CCCN(C(=O)c3ccc(C)nc3)C2)nn1.O=C(O)C(F)(F)F.O=C(O)C(F)(F)F. The number of piperidine rings is 1. The number of nitrogens with one attached hydrogen (secondary N) is 1. The van der Waals surface area contributed by atoms with Crippen LogP contribution in [0.4, 0.5) is 26.3 Å². The number of carbonyl (C=O) groups is 3. The van der Waals surface area contributed by atoms with E-state index in [9.17, 15) is 31.1 Å². The Labute approximate surface area is 212 Å². The van der Waals surface area contributed by atoms with Gasteiger partial charge in [0.25, 0.3) is 5.91 Å². The molecule has 11 nitrogen and oxygen atoms in total. The fourth-order valence-electron chi connectivity index (χ4n) is 3.13. The zero-order valence-electron chi connectivity index (χ0n) is 20.3. The minimum atomic E-state index is -5.08. The number of hydrogen-bond donors (Lipinski definition) is 3. The molecule has 3 heterocycles. The molecular formula is C21H26F6N6O5. The van der Waals surface area contributed by atoms with Crippen molar-refractivity contribution in [3.8, 4) is 0 Å². The van der Waals surface area contributed by atoms with E-state index in [0.717, 1.165) is 50.4 Å². The molecule has 3 N–H and O–H groups in total. The Morgan fingerprint density at radius 2 is 1.66 bits per heavy atom. The van der Waals surface area contributed by atoms with E-state index in [0.29, 0.717) is 11.5 Å². The lowest BCUT2D eigenvalue weighted by Gasteiger charge is -2.32. The highest BCUT2D eigenvalue weighted by Crippen LogP contribution is 2.20. The van der Waals surface area contributed by atoms with Gasteiger partial charge in [0.05, 0.1) is 11.3 Å². The highest BCUT2D eigenvalue weighted by Gasteiger charge is 2.38. The molecule has 1 saturated heterocycles. The van der Waals surface area contributed by atoms with Gasteiger partial charge < -0.3 is 20.4 Å². The molecule has 3 rings (SSSR count). The number of likely N-dealkylation sites (tertiary alicyclic amines) is 1. The molecule has 38 heavy (non-hydrogen) atoms. The number of aromatic nitrogens is 4. The van der Waals surface area contributed by atoms with Crippen LogP contribution in [-0.2, 0) is 22.7 Å². The van der Waals surface area contributed by atoms with Gasteiger partial charge in [-0.2, -0.15) is 26.3 Å². The van der Waals surface area contributed by atoms with Crippen molar-refractivity contribution in [3.05, 3.63) is 41.5 Å². The van der Waals surface area contributed by atoms with Crippen LogP contribution in [-0.4, -0.2) is 85.4 Å². The Hall–Kier alpha value is -3.76. The van der Waals surface area contributed by atoms with Gasteiger partial charge in [0.1, 0.15) is 0 Å². The van der Waals surface area contributed by atoms with Gasteiger partial charge in [0, 0.05) is 44.3 Å². The summed E-state index contributed by atoms with van der Waals surface area (Å²) >= 11 is 0. The van der Waals surface area contributed by atoms with Gasteiger partial charge in [-0.1, -0.05) is 5.21 Å². The average molecular weight is 556 g/mol. The average Bonchev–Trinajstić information content (AvgIpc) is 3.26. The van der Waals surface area contributed by atoms with Gasteiger partial charge in [0.2, 0.25) is 0 Å². The molecule has 17 heteroatoms. The van der Waals surface area contributed by atoms with Crippen molar-refractivity contribution < 1.29 is 50.9 Å². The van der Waals surface area contributed by atoms with E-state index in [1.165, 1.54) is 0 Å². The molecule has 1 amide bonds. The lowest BCUT2D eigenvalue weighted by molar-refractivity contribution is -0.193. The summed E-state index contributed by atoms with van der Waals surface area (Å²) in [5.41, 5.74) is 2.52. The number of pyridine rings is 1. The van der Waals surface area contributed by atoms with Gasteiger partial charge in [-0.05, 0) is 44.9 Å². The Morgan fingerprint density at radius 1 is 1.08 bits per heavy atom. The van der Waals surface area contributed by atoms with Crippen LogP contribution < -0.4 is 5.32 Å². The van der Waals surface area contributed by atoms with Crippen LogP contribution in [0.2, 0.25) is 0 Å². The summed E-state index contributed by atoms with van der Waals surface area (Å²) in [5, 5.41) is 25.6. The zero-order valence-corrected chi connectivity index (χ0v) is 20.3. The van der Waals surface area contributed by atoms with Gasteiger partial charge in [-0.15, -0.1) is 5.10 Å². The van der Waals surface area contributed by atoms with Gasteiger partial charge in [-0.25, -0.2) is 9.59 Å². The fraction of sp³-hybridized carbons (Fsp3) is 0.524. The second-order valence-electron chi connectivity index (χ2n) is 8.02. The van der Waals surface area contributed by atoms with Crippen molar-refractivity contribution in [3.63, 3.8) is 0 Å². The minimum absolute atomic E-state index is 0.0710. The normalized spacial score (nSPS) is 15.5. The van der Waals surface area contributed by atoms with Crippen LogP contribution in [0.15, 0.2) is 24.5 Å². The Kier molecular flexibility index (Phi) is 12.1. The van der Waals surface area contributed by atoms with E-state index in [1.807, 2.05) is 41.9 Å². The third kappa shape index (κ3) is 11.5. The Morgan fingerprint density at radius 3 is 2.13 bits per heavy atom. The lowest BCUT2D eigenvalue weighted by atomic mass is 9.97. The molecule has 0 aliphatic carbocycles. The highest BCUT2D eigenvalue weighted by molar-refractivity contribution is 5.94. The molecule has 212 valence electrons. The van der Waals surface area contributed by atoms with E-state index in [4.69, 9.17) is 19.8 Å². The summed E-state index contributed by atoms with van der Waals surface area (Å²) in [4.78, 5) is 36.6. The van der Waals surface area contributed by atoms with Crippen LogP contribution >= 0.6 is 0 Å². The molecule has 1 fully saturated rings. The molecule has 2 aromatic rings. The molecule has 1 atom stereocenters. The highest BCUT2D eigenvalue weighted by atomic mass is 19.4. The van der Waals surface area contributed by atoms with Crippen molar-refractivity contribution in [1.29, 1.82) is 0 Å². The molecule has 1 aliphatic heterocycles. The van der Waals surface area contributed by atoms with Crippen LogP contribution in [0.3, 0.4) is 0 Å². The topological polar surface area (TPSA) is 151 Å². The third-order valence-electron chi connectivity index (χ3n) is 4.84. The van der Waals surface area contributed by atoms with Crippen molar-refractivity contribution in [2.75, 3.05) is 20.1 Å². The number of alkyl halides is 6. The third-order valence-corrected chi connectivity index (χ3v) is 4.84. The number of carbonyl (C=O) groups excluding carboxylic acids is 1. The first kappa shape index (κ1) is 32.3. The maximum absolute atomic E-state index is 12.6. The first-order valence-corrected chi connectivity index (χ1v) is 10.9. The minimum Gasteiger partial charge on any atom is -0.475 e. The number of hydrogen-bond acceptors (Lipinski definition) is 7. The molecule has 0 aromatic carbocycles. The maximum atomic E-state index is 12.6. The van der Waals surface area contributed by atoms with Gasteiger partial charge in [-0.3, -0.25) is 14.5 Å². The van der Waals surface area contributed by atoms with E-state index in [2.05, 4.69) is 20.6 Å². The van der Waals surface area contributed by atoms with Crippen LogP contribution in [0, 0.1) is 12.8 Å². The second-order valence-corrected chi connectivity index (χ2v) is 8.02. The number of carboxylic acid groups (broad SMARTS) is 2. The molecule has 0 bridgehead atoms. The van der Waals surface area contributed by atoms with Crippen molar-refractivity contribution in [2.45, 2.75) is 45.2 Å². The van der Waals surface area contributed by atoms with E-state index in [-0.39, 0.29) is 5.91 Å². The maximum Gasteiger partial charge on any atom is 0.490 e. The predicted octanol–water partition coefficient (Wildman–Crippen LogP) is 2.52. The Balaban J connectivity index is 0.000000426. The summed E-state index contributed by atoms with van der Waals surface area (Å²) < 4.78 is 65.4. The zero-order chi connectivity index (χ0) is 29.1. The quantitative estimate of drug-likeness (QED) is 0.472. The monoisotopic (exact) mass is 556 g/mol. The first-order chi connectivity index (χ1) is 17.5. The standard InChI is InChI=1S/C17H24N6O.2C2HF3O2/c1-13-5-6-15(8-19-13)17(24)22-7-3-4-14(10-22)11-23-12-16(9-18-2)20-21-23;2*3-2(4,5)1(6)7/h5-6,8,12,14,18H,3-4,7,9-11H2,1-2H3;2*(H,6,7). The summed E-state index contributed by atoms with van der Waals surface area (Å²) in [7, 11) is 1.89. The number of carboxylic acids is 2. The second kappa shape index (κ2) is 14.3. The molecule has 1 unspecified atom stereocenters. The molecular weight excluding hydrogens is 530 g/mol. The number of amides is 1.